The SMILES string of the molecule is COc1ccc(S(=O)(=O)N(CCO)CCOC2CC(c3ccc4c(c3)OCO4)C=C(C(=O)Nc3ccc(N4C(=O)c5ccc(Cl)cc5C4=O)c(C)c3)O2)cc1. The van der Waals surface area contributed by atoms with Crippen molar-refractivity contribution in [2.24, 2.45) is 0 Å². The number of aliphatic hydroxyl groups is 1. The first kappa shape index (κ1) is 37.8. The third-order valence-electron chi connectivity index (χ3n) is 9.34. The molecule has 14 nitrogen and oxygen atoms in total. The van der Waals surface area contributed by atoms with Crippen molar-refractivity contribution in [2.75, 3.05) is 50.4 Å². The van der Waals surface area contributed by atoms with Crippen LogP contribution in [0.3, 0.4) is 0 Å². The number of anilines is 2. The number of carbonyl (C=O) groups is 3. The van der Waals surface area contributed by atoms with Gasteiger partial charge in [-0.15, -0.1) is 0 Å². The molecular formula is C39H36ClN3O11S. The van der Waals surface area contributed by atoms with Gasteiger partial charge in [0.1, 0.15) is 5.75 Å². The molecule has 55 heavy (non-hydrogen) atoms. The normalized spacial score (nSPS) is 17.5. The second-order valence-corrected chi connectivity index (χ2v) is 15.2. The maximum Gasteiger partial charge on any atom is 0.290 e. The summed E-state index contributed by atoms with van der Waals surface area (Å²) in [6.45, 7) is 0.990. The number of fused-ring (bicyclic) bond motifs is 2. The van der Waals surface area contributed by atoms with Crippen LogP contribution in [0.25, 0.3) is 0 Å². The molecule has 2 unspecified atom stereocenters. The van der Waals surface area contributed by atoms with Crippen LogP contribution in [0.2, 0.25) is 5.02 Å². The highest BCUT2D eigenvalue weighted by atomic mass is 35.5. The molecule has 3 aliphatic heterocycles. The van der Waals surface area contributed by atoms with E-state index in [0.29, 0.717) is 39.2 Å². The van der Waals surface area contributed by atoms with Crippen molar-refractivity contribution in [1.82, 2.24) is 4.31 Å². The van der Waals surface area contributed by atoms with E-state index in [4.69, 9.17) is 35.3 Å². The molecule has 0 aliphatic carbocycles. The van der Waals surface area contributed by atoms with Crippen LogP contribution < -0.4 is 24.4 Å². The molecule has 2 N–H and O–H groups in total. The molecule has 7 rings (SSSR count). The fraction of sp³-hybridized carbons (Fsp3) is 0.256. The third-order valence-corrected chi connectivity index (χ3v) is 11.5. The number of benzene rings is 4. The summed E-state index contributed by atoms with van der Waals surface area (Å²) in [5, 5.41) is 12.8. The Kier molecular flexibility index (Phi) is 10.8. The minimum absolute atomic E-state index is 0.0253. The molecule has 16 heteroatoms. The topological polar surface area (TPSA) is 170 Å². The highest BCUT2D eigenvalue weighted by Crippen LogP contribution is 2.39. The van der Waals surface area contributed by atoms with Crippen LogP contribution in [0.5, 0.6) is 17.2 Å². The summed E-state index contributed by atoms with van der Waals surface area (Å²) in [4.78, 5) is 41.2. The van der Waals surface area contributed by atoms with Gasteiger partial charge in [-0.3, -0.25) is 14.4 Å². The van der Waals surface area contributed by atoms with E-state index in [1.165, 1.54) is 43.5 Å². The van der Waals surface area contributed by atoms with Crippen molar-refractivity contribution in [1.29, 1.82) is 0 Å². The number of nitrogens with one attached hydrogen (secondary N) is 1. The molecule has 0 aromatic heterocycles. The Balaban J connectivity index is 1.07. The van der Waals surface area contributed by atoms with Gasteiger partial charge < -0.3 is 34.1 Å². The van der Waals surface area contributed by atoms with E-state index in [9.17, 15) is 27.9 Å². The summed E-state index contributed by atoms with van der Waals surface area (Å²) in [7, 11) is -2.52. The molecule has 0 bridgehead atoms. The number of aryl methyl sites for hydroxylation is 1. The number of imide groups is 1. The maximum absolute atomic E-state index is 13.8. The zero-order valence-corrected chi connectivity index (χ0v) is 31.3. The number of carbonyl (C=O) groups excluding carboxylic acids is 3. The van der Waals surface area contributed by atoms with Crippen molar-refractivity contribution in [3.8, 4) is 17.2 Å². The molecule has 3 amide bonds. The van der Waals surface area contributed by atoms with Crippen LogP contribution in [0.1, 0.15) is 44.2 Å². The zero-order valence-electron chi connectivity index (χ0n) is 29.7. The maximum atomic E-state index is 13.8. The number of halogens is 1. The fourth-order valence-electron chi connectivity index (χ4n) is 6.55. The van der Waals surface area contributed by atoms with Crippen LogP contribution in [-0.2, 0) is 24.3 Å². The standard InChI is InChI=1S/C39H36ClN3O11S/c1-23-17-27(5-11-32(23)43-38(46)30-10-4-26(40)21-31(30)39(43)47)41-37(45)35-19-25(24-3-12-33-34(18-24)53-22-52-33)20-36(54-35)51-16-14-42(13-15-44)55(48,49)29-8-6-28(50-2)7-9-29/h3-12,17-19,21,25,36,44H,13-16,20,22H2,1-2H3,(H,41,45). The molecule has 0 saturated carbocycles. The number of hydrogen-bond acceptors (Lipinski definition) is 11. The van der Waals surface area contributed by atoms with Gasteiger partial charge in [-0.25, -0.2) is 13.3 Å². The van der Waals surface area contributed by atoms with Crippen molar-refractivity contribution >= 4 is 50.7 Å². The highest BCUT2D eigenvalue weighted by Gasteiger charge is 2.38. The van der Waals surface area contributed by atoms with Gasteiger partial charge in [-0.05, 0) is 96.9 Å². The van der Waals surface area contributed by atoms with Crippen LogP contribution in [0, 0.1) is 6.92 Å². The summed E-state index contributed by atoms with van der Waals surface area (Å²) in [5.41, 5.74) is 2.55. The van der Waals surface area contributed by atoms with Gasteiger partial charge >= 0.3 is 0 Å². The minimum atomic E-state index is -3.99. The van der Waals surface area contributed by atoms with Gasteiger partial charge in [0.2, 0.25) is 23.1 Å². The first-order chi connectivity index (χ1) is 26.5. The third kappa shape index (κ3) is 7.74. The number of sulfonamides is 1. The van der Waals surface area contributed by atoms with E-state index < -0.39 is 40.6 Å². The molecule has 0 spiro atoms. The van der Waals surface area contributed by atoms with Gasteiger partial charge in [0, 0.05) is 36.1 Å². The molecule has 0 fully saturated rings. The number of amides is 3. The Labute approximate surface area is 321 Å². The number of nitrogens with zero attached hydrogens (tertiary/aromatic N) is 2. The van der Waals surface area contributed by atoms with E-state index in [1.807, 2.05) is 12.1 Å². The molecule has 4 aromatic rings. The Morgan fingerprint density at radius 2 is 1.73 bits per heavy atom. The quantitative estimate of drug-likeness (QED) is 0.170. The van der Waals surface area contributed by atoms with E-state index in [2.05, 4.69) is 5.32 Å². The molecule has 3 aliphatic rings. The average Bonchev–Trinajstić information content (AvgIpc) is 3.75. The second-order valence-electron chi connectivity index (χ2n) is 12.8. The van der Waals surface area contributed by atoms with Crippen LogP contribution in [-0.4, -0.2) is 82.0 Å². The van der Waals surface area contributed by atoms with Gasteiger partial charge in [-0.1, -0.05) is 17.7 Å². The Bertz CT molecular complexity index is 2300. The van der Waals surface area contributed by atoms with E-state index in [1.54, 1.807) is 43.3 Å². The molecule has 0 radical (unpaired) electrons. The molecule has 0 saturated heterocycles. The van der Waals surface area contributed by atoms with Crippen molar-refractivity contribution < 1.29 is 51.6 Å². The predicted molar refractivity (Wildman–Crippen MR) is 200 cm³/mol. The number of aliphatic hydroxyl groups excluding tert-OH is 1. The summed E-state index contributed by atoms with van der Waals surface area (Å²) in [5.74, 6) is -0.344. The first-order valence-corrected chi connectivity index (χ1v) is 19.0. The summed E-state index contributed by atoms with van der Waals surface area (Å²) in [6, 6.07) is 20.7. The Hall–Kier alpha value is -5.45. The Morgan fingerprint density at radius 3 is 2.47 bits per heavy atom. The van der Waals surface area contributed by atoms with Gasteiger partial charge in [0.15, 0.2) is 17.3 Å². The molecule has 4 aromatic carbocycles. The number of ether oxygens (including phenoxy) is 5. The van der Waals surface area contributed by atoms with Gasteiger partial charge in [-0.2, -0.15) is 4.31 Å². The van der Waals surface area contributed by atoms with Crippen LogP contribution in [0.15, 0.2) is 95.6 Å². The van der Waals surface area contributed by atoms with Crippen molar-refractivity contribution in [2.45, 2.75) is 30.4 Å². The largest absolute Gasteiger partial charge is 0.497 e. The lowest BCUT2D eigenvalue weighted by molar-refractivity contribution is -0.143. The smallest absolute Gasteiger partial charge is 0.290 e. The van der Waals surface area contributed by atoms with Crippen LogP contribution >= 0.6 is 11.6 Å². The molecule has 286 valence electrons. The number of allylic oxidation sites excluding steroid dienone is 1. The lowest BCUT2D eigenvalue weighted by atomic mass is 9.92. The summed E-state index contributed by atoms with van der Waals surface area (Å²) < 4.78 is 56.2. The lowest BCUT2D eigenvalue weighted by Crippen LogP contribution is -2.37. The van der Waals surface area contributed by atoms with E-state index in [-0.39, 0.29) is 60.6 Å². The van der Waals surface area contributed by atoms with Crippen molar-refractivity contribution in [3.63, 3.8) is 0 Å². The highest BCUT2D eigenvalue weighted by molar-refractivity contribution is 7.89. The Morgan fingerprint density at radius 1 is 0.964 bits per heavy atom. The van der Waals surface area contributed by atoms with Crippen molar-refractivity contribution in [3.05, 3.63) is 118 Å². The lowest BCUT2D eigenvalue weighted by Gasteiger charge is -2.30. The monoisotopic (exact) mass is 789 g/mol. The summed E-state index contributed by atoms with van der Waals surface area (Å²) >= 11 is 6.07. The number of rotatable bonds is 13. The second kappa shape index (κ2) is 15.7. The molecule has 2 atom stereocenters. The predicted octanol–water partition coefficient (Wildman–Crippen LogP) is 5.24. The molecular weight excluding hydrogens is 754 g/mol. The molecule has 3 heterocycles. The van der Waals surface area contributed by atoms with E-state index >= 15 is 0 Å². The first-order valence-electron chi connectivity index (χ1n) is 17.2. The van der Waals surface area contributed by atoms with Gasteiger partial charge in [0.05, 0.1) is 42.0 Å². The average molecular weight is 790 g/mol. The van der Waals surface area contributed by atoms with E-state index in [0.717, 1.165) is 14.8 Å². The zero-order chi connectivity index (χ0) is 38.9. The fourth-order valence-corrected chi connectivity index (χ4v) is 8.14. The van der Waals surface area contributed by atoms with Crippen LogP contribution in [0.4, 0.5) is 11.4 Å². The van der Waals surface area contributed by atoms with Gasteiger partial charge in [0.25, 0.3) is 17.7 Å². The summed E-state index contributed by atoms with van der Waals surface area (Å²) in [6.07, 6.45) is 0.984. The minimum Gasteiger partial charge on any atom is -0.497 e. The number of methoxy groups -OCH3 is 1. The number of hydrogen-bond donors (Lipinski definition) is 2.